The first-order valence-electron chi connectivity index (χ1n) is 6.54. The van der Waals surface area contributed by atoms with Crippen molar-refractivity contribution in [1.29, 1.82) is 0 Å². The van der Waals surface area contributed by atoms with Gasteiger partial charge in [-0.15, -0.1) is 0 Å². The van der Waals surface area contributed by atoms with E-state index in [1.54, 1.807) is 0 Å². The standard InChI is InChI=1S/C13H17F3N2O2S/c1-18(11(8-17)9-6-7-9)21(19,20)12-5-3-2-4-10(12)13(14,15)16/h2-5,9,11H,6-8,17H2,1H3. The molecule has 2 N–H and O–H groups in total. The van der Waals surface area contributed by atoms with Gasteiger partial charge >= 0.3 is 6.18 Å². The SMILES string of the molecule is CN(C(CN)C1CC1)S(=O)(=O)c1ccccc1C(F)(F)F. The normalized spacial score (nSPS) is 18.0. The molecule has 1 aliphatic rings. The summed E-state index contributed by atoms with van der Waals surface area (Å²) in [5.41, 5.74) is 4.44. The summed E-state index contributed by atoms with van der Waals surface area (Å²) in [4.78, 5) is -0.723. The van der Waals surface area contributed by atoms with E-state index in [0.717, 1.165) is 29.3 Å². The summed E-state index contributed by atoms with van der Waals surface area (Å²) in [7, 11) is -2.95. The zero-order chi connectivity index (χ0) is 15.8. The molecular formula is C13H17F3N2O2S. The molecule has 0 amide bonds. The Morgan fingerprint density at radius 3 is 2.38 bits per heavy atom. The van der Waals surface area contributed by atoms with E-state index in [2.05, 4.69) is 0 Å². The Bertz CT molecular complexity index is 612. The summed E-state index contributed by atoms with van der Waals surface area (Å²) < 4.78 is 65.0. The van der Waals surface area contributed by atoms with Crippen LogP contribution >= 0.6 is 0 Å². The first-order chi connectivity index (χ1) is 9.69. The number of benzene rings is 1. The van der Waals surface area contributed by atoms with E-state index in [-0.39, 0.29) is 12.5 Å². The molecule has 1 unspecified atom stereocenters. The van der Waals surface area contributed by atoms with Crippen molar-refractivity contribution in [2.75, 3.05) is 13.6 Å². The summed E-state index contributed by atoms with van der Waals surface area (Å²) in [6, 6.07) is 3.74. The van der Waals surface area contributed by atoms with Crippen molar-refractivity contribution in [2.24, 2.45) is 11.7 Å². The fraction of sp³-hybridized carbons (Fsp3) is 0.538. The van der Waals surface area contributed by atoms with E-state index in [4.69, 9.17) is 5.73 Å². The van der Waals surface area contributed by atoms with Crippen molar-refractivity contribution in [3.8, 4) is 0 Å². The van der Waals surface area contributed by atoms with Crippen molar-refractivity contribution in [3.63, 3.8) is 0 Å². The van der Waals surface area contributed by atoms with Crippen molar-refractivity contribution in [1.82, 2.24) is 4.31 Å². The second-order valence-electron chi connectivity index (χ2n) is 5.16. The molecule has 4 nitrogen and oxygen atoms in total. The van der Waals surface area contributed by atoms with Gasteiger partial charge in [0, 0.05) is 19.6 Å². The monoisotopic (exact) mass is 322 g/mol. The van der Waals surface area contributed by atoms with Gasteiger partial charge in [-0.2, -0.15) is 17.5 Å². The highest BCUT2D eigenvalue weighted by Crippen LogP contribution is 2.39. The van der Waals surface area contributed by atoms with Gasteiger partial charge in [0.05, 0.1) is 10.5 Å². The lowest BCUT2D eigenvalue weighted by Gasteiger charge is -2.27. The van der Waals surface area contributed by atoms with Crippen molar-refractivity contribution in [3.05, 3.63) is 29.8 Å². The highest BCUT2D eigenvalue weighted by atomic mass is 32.2. The molecule has 21 heavy (non-hydrogen) atoms. The number of hydrogen-bond donors (Lipinski definition) is 1. The number of rotatable bonds is 5. The third kappa shape index (κ3) is 3.22. The van der Waals surface area contributed by atoms with Crippen molar-refractivity contribution >= 4 is 10.0 Å². The number of halogens is 3. The average molecular weight is 322 g/mol. The molecule has 0 aromatic heterocycles. The Hall–Kier alpha value is -1.12. The maximum absolute atomic E-state index is 13.0. The molecule has 0 aliphatic heterocycles. The number of sulfonamides is 1. The van der Waals surface area contributed by atoms with Gasteiger partial charge in [-0.1, -0.05) is 12.1 Å². The fourth-order valence-corrected chi connectivity index (χ4v) is 4.02. The Morgan fingerprint density at radius 2 is 1.90 bits per heavy atom. The van der Waals surface area contributed by atoms with Gasteiger partial charge in [-0.05, 0) is 30.9 Å². The number of nitrogens with two attached hydrogens (primary N) is 1. The third-order valence-corrected chi connectivity index (χ3v) is 5.67. The van der Waals surface area contributed by atoms with Gasteiger partial charge in [-0.3, -0.25) is 0 Å². The molecule has 1 aromatic rings. The molecule has 0 bridgehead atoms. The van der Waals surface area contributed by atoms with Crippen molar-refractivity contribution < 1.29 is 21.6 Å². The Morgan fingerprint density at radius 1 is 1.33 bits per heavy atom. The van der Waals surface area contributed by atoms with Gasteiger partial charge in [0.2, 0.25) is 10.0 Å². The molecule has 0 spiro atoms. The molecular weight excluding hydrogens is 305 g/mol. The van der Waals surface area contributed by atoms with E-state index in [0.29, 0.717) is 0 Å². The van der Waals surface area contributed by atoms with Crippen LogP contribution in [-0.2, 0) is 16.2 Å². The lowest BCUT2D eigenvalue weighted by molar-refractivity contribution is -0.139. The van der Waals surface area contributed by atoms with Gasteiger partial charge in [0.15, 0.2) is 0 Å². The van der Waals surface area contributed by atoms with Crippen LogP contribution < -0.4 is 5.73 Å². The first kappa shape index (κ1) is 16.3. The molecule has 8 heteroatoms. The van der Waals surface area contributed by atoms with Crippen LogP contribution in [0, 0.1) is 5.92 Å². The van der Waals surface area contributed by atoms with E-state index >= 15 is 0 Å². The molecule has 1 saturated carbocycles. The molecule has 0 radical (unpaired) electrons. The van der Waals surface area contributed by atoms with Crippen LogP contribution in [0.3, 0.4) is 0 Å². The number of alkyl halides is 3. The smallest absolute Gasteiger partial charge is 0.329 e. The van der Waals surface area contributed by atoms with Gasteiger partial charge in [0.1, 0.15) is 0 Å². The van der Waals surface area contributed by atoms with E-state index in [9.17, 15) is 21.6 Å². The minimum absolute atomic E-state index is 0.0918. The van der Waals surface area contributed by atoms with E-state index in [1.807, 2.05) is 0 Å². The first-order valence-corrected chi connectivity index (χ1v) is 7.98. The molecule has 2 rings (SSSR count). The van der Waals surface area contributed by atoms with Crippen LogP contribution in [-0.4, -0.2) is 32.4 Å². The largest absolute Gasteiger partial charge is 0.417 e. The summed E-state index contributed by atoms with van der Waals surface area (Å²) >= 11 is 0. The van der Waals surface area contributed by atoms with Gasteiger partial charge in [0.25, 0.3) is 0 Å². The number of nitrogens with zero attached hydrogens (tertiary/aromatic N) is 1. The number of likely N-dealkylation sites (N-methyl/N-ethyl adjacent to an activating group) is 1. The molecule has 1 fully saturated rings. The zero-order valence-electron chi connectivity index (χ0n) is 11.5. The predicted molar refractivity (Wildman–Crippen MR) is 72.0 cm³/mol. The van der Waals surface area contributed by atoms with E-state index in [1.165, 1.54) is 19.2 Å². The van der Waals surface area contributed by atoms with Crippen LogP contribution in [0.25, 0.3) is 0 Å². The second-order valence-corrected chi connectivity index (χ2v) is 7.12. The van der Waals surface area contributed by atoms with Crippen LogP contribution in [0.2, 0.25) is 0 Å². The summed E-state index contributed by atoms with van der Waals surface area (Å²) in [5.74, 6) is 0.132. The fourth-order valence-electron chi connectivity index (χ4n) is 2.38. The minimum Gasteiger partial charge on any atom is -0.329 e. The molecule has 1 aliphatic carbocycles. The summed E-state index contributed by atoms with van der Waals surface area (Å²) in [6.07, 6.45) is -3.02. The lowest BCUT2D eigenvalue weighted by Crippen LogP contribution is -2.43. The molecule has 0 saturated heterocycles. The molecule has 118 valence electrons. The molecule has 1 aromatic carbocycles. The minimum atomic E-state index is -4.72. The predicted octanol–water partition coefficient (Wildman–Crippen LogP) is 2.06. The Labute approximate surface area is 121 Å². The van der Waals surface area contributed by atoms with Crippen LogP contribution in [0.5, 0.6) is 0 Å². The highest BCUT2D eigenvalue weighted by Gasteiger charge is 2.42. The van der Waals surface area contributed by atoms with Crippen molar-refractivity contribution in [2.45, 2.75) is 30.0 Å². The average Bonchev–Trinajstić information content (AvgIpc) is 3.23. The van der Waals surface area contributed by atoms with Gasteiger partial charge < -0.3 is 5.73 Å². The maximum atomic E-state index is 13.0. The van der Waals surface area contributed by atoms with Crippen LogP contribution in [0.15, 0.2) is 29.2 Å². The van der Waals surface area contributed by atoms with Crippen LogP contribution in [0.4, 0.5) is 13.2 Å². The lowest BCUT2D eigenvalue weighted by atomic mass is 10.2. The second kappa shape index (κ2) is 5.58. The zero-order valence-corrected chi connectivity index (χ0v) is 12.3. The topological polar surface area (TPSA) is 63.4 Å². The molecule has 0 heterocycles. The summed E-state index contributed by atoms with van der Waals surface area (Å²) in [6.45, 7) is 0.0918. The quantitative estimate of drug-likeness (QED) is 0.902. The Kier molecular flexibility index (Phi) is 4.32. The Balaban J connectivity index is 2.44. The highest BCUT2D eigenvalue weighted by molar-refractivity contribution is 7.89. The molecule has 1 atom stereocenters. The van der Waals surface area contributed by atoms with Gasteiger partial charge in [-0.25, -0.2) is 8.42 Å². The number of hydrogen-bond acceptors (Lipinski definition) is 3. The van der Waals surface area contributed by atoms with Crippen LogP contribution in [0.1, 0.15) is 18.4 Å². The summed E-state index contributed by atoms with van der Waals surface area (Å²) in [5, 5.41) is 0. The maximum Gasteiger partial charge on any atom is 0.417 e. The third-order valence-electron chi connectivity index (χ3n) is 3.72. The van der Waals surface area contributed by atoms with E-state index < -0.39 is 32.7 Å².